The van der Waals surface area contributed by atoms with Gasteiger partial charge in [-0.05, 0) is 84.6 Å². The Morgan fingerprint density at radius 1 is 0.306 bits per heavy atom. The number of nitrogens with zero attached hydrogens (tertiary/aromatic N) is 1. The molecule has 0 aliphatic carbocycles. The largest absolute Gasteiger partial charge is 0.264 e. The normalized spacial score (nSPS) is 11.3. The van der Waals surface area contributed by atoms with Gasteiger partial charge in [0.15, 0.2) is 0 Å². The fourth-order valence-corrected chi connectivity index (χ4v) is 5.37. The van der Waals surface area contributed by atoms with Gasteiger partial charge in [0.05, 0.1) is 0 Å². The fourth-order valence-electron chi connectivity index (χ4n) is 5.37. The SMILES string of the molecule is c1ccc(-c2cccc(-c3cccc(-c4ccc5c6ccncc6c6ccccc6c5c4)c3)c2)cc1. The molecule has 1 heterocycles. The molecule has 7 rings (SSSR count). The van der Waals surface area contributed by atoms with Crippen LogP contribution < -0.4 is 0 Å². The van der Waals surface area contributed by atoms with Crippen molar-refractivity contribution in [3.8, 4) is 33.4 Å². The van der Waals surface area contributed by atoms with Crippen LogP contribution in [0.25, 0.3) is 65.7 Å². The van der Waals surface area contributed by atoms with Crippen LogP contribution in [-0.2, 0) is 0 Å². The summed E-state index contributed by atoms with van der Waals surface area (Å²) in [6, 6.07) is 45.9. The lowest BCUT2D eigenvalue weighted by atomic mass is 9.92. The molecule has 1 heteroatoms. The van der Waals surface area contributed by atoms with Gasteiger partial charge in [-0.2, -0.15) is 0 Å². The lowest BCUT2D eigenvalue weighted by Crippen LogP contribution is -1.86. The predicted molar refractivity (Wildman–Crippen MR) is 153 cm³/mol. The quantitative estimate of drug-likeness (QED) is 0.241. The van der Waals surface area contributed by atoms with Gasteiger partial charge in [-0.15, -0.1) is 0 Å². The Morgan fingerprint density at radius 2 is 0.806 bits per heavy atom. The highest BCUT2D eigenvalue weighted by molar-refractivity contribution is 6.25. The van der Waals surface area contributed by atoms with Crippen LogP contribution in [-0.4, -0.2) is 4.98 Å². The summed E-state index contributed by atoms with van der Waals surface area (Å²) in [6.45, 7) is 0. The molecule has 6 aromatic carbocycles. The molecule has 1 aromatic heterocycles. The van der Waals surface area contributed by atoms with E-state index < -0.39 is 0 Å². The molecule has 0 spiro atoms. The predicted octanol–water partition coefficient (Wildman–Crippen LogP) is 9.54. The number of aromatic nitrogens is 1. The number of fused-ring (bicyclic) bond motifs is 6. The van der Waals surface area contributed by atoms with Crippen LogP contribution in [0.1, 0.15) is 0 Å². The molecule has 0 aliphatic rings. The molecule has 0 saturated heterocycles. The molecule has 0 atom stereocenters. The van der Waals surface area contributed by atoms with Crippen LogP contribution in [0.3, 0.4) is 0 Å². The first-order valence-electron chi connectivity index (χ1n) is 12.3. The summed E-state index contributed by atoms with van der Waals surface area (Å²) in [4.78, 5) is 4.40. The van der Waals surface area contributed by atoms with Gasteiger partial charge in [-0.3, -0.25) is 4.98 Å². The van der Waals surface area contributed by atoms with Gasteiger partial charge in [0.25, 0.3) is 0 Å². The third-order valence-electron chi connectivity index (χ3n) is 7.14. The Labute approximate surface area is 210 Å². The Hall–Kier alpha value is -4.75. The van der Waals surface area contributed by atoms with Gasteiger partial charge in [0, 0.05) is 17.8 Å². The van der Waals surface area contributed by atoms with Crippen LogP contribution >= 0.6 is 0 Å². The lowest BCUT2D eigenvalue weighted by Gasteiger charge is -2.12. The molecule has 0 amide bonds. The summed E-state index contributed by atoms with van der Waals surface area (Å²) in [5.41, 5.74) is 7.36. The van der Waals surface area contributed by atoms with Crippen LogP contribution in [0.4, 0.5) is 0 Å². The van der Waals surface area contributed by atoms with Crippen molar-refractivity contribution in [2.75, 3.05) is 0 Å². The van der Waals surface area contributed by atoms with Crippen LogP contribution in [0.2, 0.25) is 0 Å². The van der Waals surface area contributed by atoms with Crippen LogP contribution in [0.15, 0.2) is 140 Å². The second-order valence-corrected chi connectivity index (χ2v) is 9.25. The number of benzene rings is 6. The van der Waals surface area contributed by atoms with E-state index in [0.717, 1.165) is 0 Å². The molecule has 0 radical (unpaired) electrons. The minimum absolute atomic E-state index is 1.20. The zero-order valence-corrected chi connectivity index (χ0v) is 19.7. The maximum absolute atomic E-state index is 4.40. The Balaban J connectivity index is 1.38. The Morgan fingerprint density at radius 3 is 1.50 bits per heavy atom. The van der Waals surface area contributed by atoms with Crippen molar-refractivity contribution in [1.29, 1.82) is 0 Å². The van der Waals surface area contributed by atoms with Gasteiger partial charge < -0.3 is 0 Å². The van der Waals surface area contributed by atoms with E-state index in [4.69, 9.17) is 0 Å². The highest BCUT2D eigenvalue weighted by atomic mass is 14.6. The zero-order valence-electron chi connectivity index (χ0n) is 19.7. The van der Waals surface area contributed by atoms with Crippen molar-refractivity contribution in [3.05, 3.63) is 140 Å². The van der Waals surface area contributed by atoms with Gasteiger partial charge in [-0.1, -0.05) is 103 Å². The van der Waals surface area contributed by atoms with E-state index in [1.165, 1.54) is 65.7 Å². The standard InChI is InChI=1S/C35H23N/c1-2-8-24(9-3-1)25-10-6-11-26(20-25)27-12-7-13-28(21-27)29-16-17-32-33-18-19-36-23-35(33)31-15-5-4-14-30(31)34(32)22-29/h1-23H. The number of hydrogen-bond donors (Lipinski definition) is 0. The summed E-state index contributed by atoms with van der Waals surface area (Å²) in [5, 5.41) is 7.50. The summed E-state index contributed by atoms with van der Waals surface area (Å²) in [7, 11) is 0. The minimum atomic E-state index is 1.20. The Kier molecular flexibility index (Phi) is 4.85. The van der Waals surface area contributed by atoms with E-state index >= 15 is 0 Å². The molecule has 0 saturated carbocycles. The molecular formula is C35H23N. The van der Waals surface area contributed by atoms with Crippen molar-refractivity contribution in [1.82, 2.24) is 4.98 Å². The van der Waals surface area contributed by atoms with E-state index in [1.54, 1.807) is 0 Å². The topological polar surface area (TPSA) is 12.9 Å². The van der Waals surface area contributed by atoms with Gasteiger partial charge in [0.1, 0.15) is 0 Å². The Bertz CT molecular complexity index is 1850. The molecule has 0 N–H and O–H groups in total. The minimum Gasteiger partial charge on any atom is -0.264 e. The summed E-state index contributed by atoms with van der Waals surface area (Å²) in [6.07, 6.45) is 3.87. The molecular weight excluding hydrogens is 434 g/mol. The average molecular weight is 458 g/mol. The molecule has 7 aromatic rings. The summed E-state index contributed by atoms with van der Waals surface area (Å²) >= 11 is 0. The second kappa shape index (κ2) is 8.48. The fraction of sp³-hybridized carbons (Fsp3) is 0. The monoisotopic (exact) mass is 457 g/mol. The van der Waals surface area contributed by atoms with Crippen LogP contribution in [0, 0.1) is 0 Å². The van der Waals surface area contributed by atoms with Crippen molar-refractivity contribution in [2.24, 2.45) is 0 Å². The molecule has 36 heavy (non-hydrogen) atoms. The summed E-state index contributed by atoms with van der Waals surface area (Å²) < 4.78 is 0. The van der Waals surface area contributed by atoms with E-state index in [-0.39, 0.29) is 0 Å². The first-order valence-corrected chi connectivity index (χ1v) is 12.3. The highest BCUT2D eigenvalue weighted by Gasteiger charge is 2.10. The van der Waals surface area contributed by atoms with Gasteiger partial charge in [0.2, 0.25) is 0 Å². The van der Waals surface area contributed by atoms with E-state index in [1.807, 2.05) is 12.4 Å². The zero-order chi connectivity index (χ0) is 23.9. The van der Waals surface area contributed by atoms with E-state index in [2.05, 4.69) is 132 Å². The van der Waals surface area contributed by atoms with Crippen LogP contribution in [0.5, 0.6) is 0 Å². The molecule has 0 fully saturated rings. The van der Waals surface area contributed by atoms with Crippen molar-refractivity contribution < 1.29 is 0 Å². The first-order chi connectivity index (χ1) is 17.8. The molecule has 1 nitrogen and oxygen atoms in total. The van der Waals surface area contributed by atoms with Gasteiger partial charge in [-0.25, -0.2) is 0 Å². The smallest absolute Gasteiger partial charge is 0.0352 e. The maximum atomic E-state index is 4.40. The highest BCUT2D eigenvalue weighted by Crippen LogP contribution is 2.37. The number of hydrogen-bond acceptors (Lipinski definition) is 1. The maximum Gasteiger partial charge on any atom is 0.0352 e. The van der Waals surface area contributed by atoms with E-state index in [0.29, 0.717) is 0 Å². The molecule has 0 bridgehead atoms. The lowest BCUT2D eigenvalue weighted by molar-refractivity contribution is 1.37. The molecule has 0 unspecified atom stereocenters. The number of pyridine rings is 1. The summed E-state index contributed by atoms with van der Waals surface area (Å²) in [5.74, 6) is 0. The van der Waals surface area contributed by atoms with Gasteiger partial charge >= 0.3 is 0 Å². The third kappa shape index (κ3) is 3.45. The molecule has 0 aliphatic heterocycles. The van der Waals surface area contributed by atoms with Crippen molar-refractivity contribution in [2.45, 2.75) is 0 Å². The third-order valence-corrected chi connectivity index (χ3v) is 7.14. The average Bonchev–Trinajstić information content (AvgIpc) is 2.98. The van der Waals surface area contributed by atoms with Crippen molar-refractivity contribution in [3.63, 3.8) is 0 Å². The second-order valence-electron chi connectivity index (χ2n) is 9.25. The van der Waals surface area contributed by atoms with Crippen molar-refractivity contribution >= 4 is 32.3 Å². The number of rotatable bonds is 3. The molecule has 168 valence electrons. The first kappa shape index (κ1) is 20.6. The van der Waals surface area contributed by atoms with E-state index in [9.17, 15) is 0 Å².